The molecule has 0 bridgehead atoms. The first-order valence-electron chi connectivity index (χ1n) is 6.17. The Morgan fingerprint density at radius 3 is 2.58 bits per heavy atom. The number of aliphatic carboxylic acids is 1. The van der Waals surface area contributed by atoms with Crippen molar-refractivity contribution in [1.29, 1.82) is 0 Å². The molecule has 1 aromatic heterocycles. The number of H-pyrrole nitrogens is 1. The van der Waals surface area contributed by atoms with Crippen LogP contribution in [0, 0.1) is 11.8 Å². The highest BCUT2D eigenvalue weighted by Crippen LogP contribution is 2.10. The Hall–Kier alpha value is -2.05. The third kappa shape index (κ3) is 4.61. The van der Waals surface area contributed by atoms with Gasteiger partial charge in [-0.25, -0.2) is 4.79 Å². The summed E-state index contributed by atoms with van der Waals surface area (Å²) < 4.78 is 0. The van der Waals surface area contributed by atoms with E-state index in [2.05, 4.69) is 20.8 Å². The summed E-state index contributed by atoms with van der Waals surface area (Å²) in [7, 11) is 0. The van der Waals surface area contributed by atoms with E-state index in [0.717, 1.165) is 5.56 Å². The number of hydrogen-bond acceptors (Lipinski definition) is 3. The first kappa shape index (κ1) is 15.0. The van der Waals surface area contributed by atoms with Crippen LogP contribution in [0.1, 0.15) is 32.4 Å². The summed E-state index contributed by atoms with van der Waals surface area (Å²) in [6, 6.07) is -0.582. The van der Waals surface area contributed by atoms with Crippen LogP contribution in [0.15, 0.2) is 12.4 Å². The minimum atomic E-state index is -0.904. The minimum Gasteiger partial charge on any atom is -0.481 e. The number of urea groups is 1. The molecule has 4 N–H and O–H groups in total. The molecule has 1 aromatic rings. The van der Waals surface area contributed by atoms with Gasteiger partial charge in [0.2, 0.25) is 0 Å². The number of aromatic nitrogens is 2. The summed E-state index contributed by atoms with van der Waals surface area (Å²) in [6.07, 6.45) is 3.32. The number of carboxylic acids is 1. The van der Waals surface area contributed by atoms with E-state index in [1.54, 1.807) is 12.4 Å². The van der Waals surface area contributed by atoms with Crippen molar-refractivity contribution in [1.82, 2.24) is 20.8 Å². The number of nitrogens with zero attached hydrogens (tertiary/aromatic N) is 1. The molecule has 19 heavy (non-hydrogen) atoms. The van der Waals surface area contributed by atoms with E-state index in [1.807, 2.05) is 20.8 Å². The third-order valence-corrected chi connectivity index (χ3v) is 2.97. The van der Waals surface area contributed by atoms with Crippen molar-refractivity contribution in [2.45, 2.75) is 26.8 Å². The molecule has 0 radical (unpaired) electrons. The summed E-state index contributed by atoms with van der Waals surface area (Å²) in [5.41, 5.74) is 0.855. The maximum Gasteiger partial charge on any atom is 0.315 e. The summed E-state index contributed by atoms with van der Waals surface area (Å²) >= 11 is 0. The van der Waals surface area contributed by atoms with E-state index in [1.165, 1.54) is 0 Å². The fourth-order valence-corrected chi connectivity index (χ4v) is 1.64. The molecule has 0 aromatic carbocycles. The van der Waals surface area contributed by atoms with Gasteiger partial charge in [0.1, 0.15) is 0 Å². The van der Waals surface area contributed by atoms with Crippen molar-refractivity contribution < 1.29 is 14.7 Å². The maximum absolute atomic E-state index is 11.7. The Bertz CT molecular complexity index is 417. The van der Waals surface area contributed by atoms with Gasteiger partial charge < -0.3 is 15.7 Å². The molecule has 0 saturated heterocycles. The monoisotopic (exact) mass is 268 g/mol. The lowest BCUT2D eigenvalue weighted by Gasteiger charge is -2.18. The number of carbonyl (C=O) groups is 2. The molecule has 0 fully saturated rings. The predicted octanol–water partition coefficient (Wildman–Crippen LogP) is 1.13. The lowest BCUT2D eigenvalue weighted by Crippen LogP contribution is -2.42. The molecule has 0 aliphatic heterocycles. The Labute approximate surface area is 111 Å². The van der Waals surface area contributed by atoms with Gasteiger partial charge in [-0.1, -0.05) is 13.8 Å². The SMILES string of the molecule is CC(NC(=O)NCC(C(=O)O)C(C)C)c1cn[nH]c1. The van der Waals surface area contributed by atoms with Gasteiger partial charge in [-0.05, 0) is 12.8 Å². The first-order valence-corrected chi connectivity index (χ1v) is 6.17. The molecule has 0 aliphatic rings. The van der Waals surface area contributed by atoms with Crippen LogP contribution in [0.2, 0.25) is 0 Å². The number of hydrogen-bond donors (Lipinski definition) is 4. The second-order valence-corrected chi connectivity index (χ2v) is 4.80. The highest BCUT2D eigenvalue weighted by molar-refractivity contribution is 5.76. The van der Waals surface area contributed by atoms with Gasteiger partial charge in [-0.15, -0.1) is 0 Å². The molecule has 0 spiro atoms. The fourth-order valence-electron chi connectivity index (χ4n) is 1.64. The van der Waals surface area contributed by atoms with Crippen LogP contribution in [0.25, 0.3) is 0 Å². The number of nitrogens with one attached hydrogen (secondary N) is 3. The molecule has 1 heterocycles. The van der Waals surface area contributed by atoms with Gasteiger partial charge >= 0.3 is 12.0 Å². The lowest BCUT2D eigenvalue weighted by atomic mass is 9.96. The average molecular weight is 268 g/mol. The fraction of sp³-hybridized carbons (Fsp3) is 0.583. The Balaban J connectivity index is 2.41. The highest BCUT2D eigenvalue weighted by atomic mass is 16.4. The van der Waals surface area contributed by atoms with Crippen LogP contribution in [-0.4, -0.2) is 33.8 Å². The molecule has 7 nitrogen and oxygen atoms in total. The van der Waals surface area contributed by atoms with Crippen molar-refractivity contribution in [3.8, 4) is 0 Å². The van der Waals surface area contributed by atoms with Crippen LogP contribution < -0.4 is 10.6 Å². The molecule has 106 valence electrons. The van der Waals surface area contributed by atoms with E-state index in [4.69, 9.17) is 5.11 Å². The zero-order chi connectivity index (χ0) is 14.4. The van der Waals surface area contributed by atoms with E-state index in [0.29, 0.717) is 0 Å². The molecule has 7 heteroatoms. The summed E-state index contributed by atoms with van der Waals surface area (Å²) in [5.74, 6) is -1.53. The zero-order valence-electron chi connectivity index (χ0n) is 11.3. The number of amides is 2. The molecule has 2 atom stereocenters. The van der Waals surface area contributed by atoms with Crippen LogP contribution >= 0.6 is 0 Å². The quantitative estimate of drug-likeness (QED) is 0.620. The van der Waals surface area contributed by atoms with E-state index in [-0.39, 0.29) is 24.5 Å². The molecule has 2 amide bonds. The van der Waals surface area contributed by atoms with Crippen LogP contribution in [0.3, 0.4) is 0 Å². The lowest BCUT2D eigenvalue weighted by molar-refractivity contribution is -0.142. The molecule has 0 saturated carbocycles. The molecule has 2 unspecified atom stereocenters. The van der Waals surface area contributed by atoms with Crippen molar-refractivity contribution in [3.05, 3.63) is 18.0 Å². The van der Waals surface area contributed by atoms with Crippen molar-refractivity contribution >= 4 is 12.0 Å². The first-order chi connectivity index (χ1) is 8.91. The van der Waals surface area contributed by atoms with Gasteiger partial charge in [0.25, 0.3) is 0 Å². The van der Waals surface area contributed by atoms with Crippen molar-refractivity contribution in [3.63, 3.8) is 0 Å². The smallest absolute Gasteiger partial charge is 0.315 e. The molecule has 1 rings (SSSR count). The van der Waals surface area contributed by atoms with Gasteiger partial charge in [0.15, 0.2) is 0 Å². The largest absolute Gasteiger partial charge is 0.481 e. The number of aromatic amines is 1. The molecular weight excluding hydrogens is 248 g/mol. The zero-order valence-corrected chi connectivity index (χ0v) is 11.3. The Kier molecular flexibility index (Phi) is 5.35. The van der Waals surface area contributed by atoms with Crippen molar-refractivity contribution in [2.24, 2.45) is 11.8 Å². The summed E-state index contributed by atoms with van der Waals surface area (Å²) in [4.78, 5) is 22.6. The Morgan fingerprint density at radius 1 is 1.42 bits per heavy atom. The molecular formula is C12H20N4O3. The van der Waals surface area contributed by atoms with Crippen LogP contribution in [-0.2, 0) is 4.79 Å². The van der Waals surface area contributed by atoms with Crippen LogP contribution in [0.4, 0.5) is 4.79 Å². The summed E-state index contributed by atoms with van der Waals surface area (Å²) in [5, 5.41) is 20.8. The second kappa shape index (κ2) is 6.77. The van der Waals surface area contributed by atoms with Crippen molar-refractivity contribution in [2.75, 3.05) is 6.54 Å². The minimum absolute atomic E-state index is 0.0379. The third-order valence-electron chi connectivity index (χ3n) is 2.97. The van der Waals surface area contributed by atoms with Crippen LogP contribution in [0.5, 0.6) is 0 Å². The standard InChI is InChI=1S/C12H20N4O3/c1-7(2)10(11(17)18)6-13-12(19)16-8(3)9-4-14-15-5-9/h4-5,7-8,10H,6H2,1-3H3,(H,14,15)(H,17,18)(H2,13,16,19). The average Bonchev–Trinajstić information content (AvgIpc) is 2.81. The van der Waals surface area contributed by atoms with E-state index < -0.39 is 11.9 Å². The van der Waals surface area contributed by atoms with E-state index >= 15 is 0 Å². The maximum atomic E-state index is 11.7. The Morgan fingerprint density at radius 2 is 2.11 bits per heavy atom. The van der Waals surface area contributed by atoms with Gasteiger partial charge in [0.05, 0.1) is 18.2 Å². The topological polar surface area (TPSA) is 107 Å². The van der Waals surface area contributed by atoms with Gasteiger partial charge in [-0.2, -0.15) is 5.10 Å². The van der Waals surface area contributed by atoms with Gasteiger partial charge in [0, 0.05) is 18.3 Å². The second-order valence-electron chi connectivity index (χ2n) is 4.80. The van der Waals surface area contributed by atoms with E-state index in [9.17, 15) is 9.59 Å². The van der Waals surface area contributed by atoms with Gasteiger partial charge in [-0.3, -0.25) is 9.89 Å². The highest BCUT2D eigenvalue weighted by Gasteiger charge is 2.22. The normalized spacial score (nSPS) is 13.9. The predicted molar refractivity (Wildman–Crippen MR) is 69.5 cm³/mol. The summed E-state index contributed by atoms with van der Waals surface area (Å²) in [6.45, 7) is 5.55. The number of carboxylic acid groups (broad SMARTS) is 1. The number of carbonyl (C=O) groups excluding carboxylic acids is 1. The molecule has 0 aliphatic carbocycles. The number of rotatable bonds is 6.